The van der Waals surface area contributed by atoms with E-state index in [9.17, 15) is 0 Å². The molecule has 5 heteroatoms. The molecular formula is C17H16N4O. The lowest BCUT2D eigenvalue weighted by Gasteiger charge is -2.08. The van der Waals surface area contributed by atoms with E-state index >= 15 is 0 Å². The third-order valence-electron chi connectivity index (χ3n) is 3.07. The van der Waals surface area contributed by atoms with E-state index in [0.717, 1.165) is 22.8 Å². The van der Waals surface area contributed by atoms with Crippen molar-refractivity contribution >= 4 is 0 Å². The summed E-state index contributed by atoms with van der Waals surface area (Å²) >= 11 is 0. The summed E-state index contributed by atoms with van der Waals surface area (Å²) < 4.78 is 5.70. The molecule has 1 aromatic carbocycles. The van der Waals surface area contributed by atoms with Crippen LogP contribution < -0.4 is 10.5 Å². The normalized spacial score (nSPS) is 10.4. The molecule has 0 spiro atoms. The molecule has 0 amide bonds. The Bertz CT molecular complexity index is 732. The highest BCUT2D eigenvalue weighted by atomic mass is 16.5. The van der Waals surface area contributed by atoms with Gasteiger partial charge >= 0.3 is 0 Å². The summed E-state index contributed by atoms with van der Waals surface area (Å²) in [6.07, 6.45) is 1.74. The molecule has 22 heavy (non-hydrogen) atoms. The summed E-state index contributed by atoms with van der Waals surface area (Å²) in [6.45, 7) is 0.637. The van der Waals surface area contributed by atoms with Crippen LogP contribution in [0.2, 0.25) is 0 Å². The standard InChI is InChI=1S/C17H16N4O/c18-11-13-10-16(15-8-4-5-9-19-15)21-17(20-13)12-22-14-6-2-1-3-7-14/h1-10H,11-12,18H2. The molecule has 0 aliphatic heterocycles. The minimum Gasteiger partial charge on any atom is -0.486 e. The van der Waals surface area contributed by atoms with Crippen LogP contribution in [0.4, 0.5) is 0 Å². The molecule has 0 unspecified atom stereocenters. The number of nitrogens with zero attached hydrogens (tertiary/aromatic N) is 3. The zero-order chi connectivity index (χ0) is 15.2. The minimum absolute atomic E-state index is 0.289. The molecule has 0 aliphatic carbocycles. The zero-order valence-electron chi connectivity index (χ0n) is 12.0. The second kappa shape index (κ2) is 6.78. The van der Waals surface area contributed by atoms with E-state index in [1.54, 1.807) is 6.20 Å². The van der Waals surface area contributed by atoms with Crippen LogP contribution in [0.1, 0.15) is 11.5 Å². The summed E-state index contributed by atoms with van der Waals surface area (Å²) in [5.74, 6) is 1.37. The second-order valence-electron chi connectivity index (χ2n) is 4.68. The Hall–Kier alpha value is -2.79. The molecular weight excluding hydrogens is 276 g/mol. The quantitative estimate of drug-likeness (QED) is 0.782. The van der Waals surface area contributed by atoms with E-state index in [0.29, 0.717) is 12.4 Å². The molecule has 2 aromatic heterocycles. The molecule has 3 aromatic rings. The van der Waals surface area contributed by atoms with Crippen LogP contribution in [0.3, 0.4) is 0 Å². The van der Waals surface area contributed by atoms with Crippen molar-refractivity contribution < 1.29 is 4.74 Å². The number of hydrogen-bond acceptors (Lipinski definition) is 5. The highest BCUT2D eigenvalue weighted by molar-refractivity contribution is 5.53. The van der Waals surface area contributed by atoms with Crippen LogP contribution in [0.25, 0.3) is 11.4 Å². The van der Waals surface area contributed by atoms with Crippen molar-refractivity contribution in [1.29, 1.82) is 0 Å². The maximum atomic E-state index is 5.72. The maximum absolute atomic E-state index is 5.72. The SMILES string of the molecule is NCc1cc(-c2ccccn2)nc(COc2ccccc2)n1. The number of nitrogens with two attached hydrogens (primary N) is 1. The van der Waals surface area contributed by atoms with Crippen LogP contribution in [-0.4, -0.2) is 15.0 Å². The molecule has 2 N–H and O–H groups in total. The average Bonchev–Trinajstić information content (AvgIpc) is 2.61. The first-order valence-electron chi connectivity index (χ1n) is 7.01. The Balaban J connectivity index is 1.85. The van der Waals surface area contributed by atoms with Crippen molar-refractivity contribution in [1.82, 2.24) is 15.0 Å². The van der Waals surface area contributed by atoms with Crippen molar-refractivity contribution in [2.75, 3.05) is 0 Å². The summed E-state index contributed by atoms with van der Waals surface area (Å²) in [7, 11) is 0. The van der Waals surface area contributed by atoms with Gasteiger partial charge in [0.05, 0.1) is 17.1 Å². The fraction of sp³-hybridized carbons (Fsp3) is 0.118. The van der Waals surface area contributed by atoms with Gasteiger partial charge in [-0.3, -0.25) is 4.98 Å². The first-order valence-corrected chi connectivity index (χ1v) is 7.01. The van der Waals surface area contributed by atoms with E-state index in [-0.39, 0.29) is 6.61 Å². The van der Waals surface area contributed by atoms with E-state index in [2.05, 4.69) is 15.0 Å². The van der Waals surface area contributed by atoms with Gasteiger partial charge in [0.25, 0.3) is 0 Å². The number of para-hydroxylation sites is 1. The predicted molar refractivity (Wildman–Crippen MR) is 83.9 cm³/mol. The molecule has 0 saturated heterocycles. The highest BCUT2D eigenvalue weighted by Crippen LogP contribution is 2.16. The van der Waals surface area contributed by atoms with Gasteiger partial charge in [-0.2, -0.15) is 0 Å². The fourth-order valence-corrected chi connectivity index (χ4v) is 2.03. The van der Waals surface area contributed by atoms with Crippen LogP contribution in [0.15, 0.2) is 60.8 Å². The smallest absolute Gasteiger partial charge is 0.167 e. The minimum atomic E-state index is 0.289. The molecule has 0 atom stereocenters. The van der Waals surface area contributed by atoms with Crippen molar-refractivity contribution in [3.63, 3.8) is 0 Å². The largest absolute Gasteiger partial charge is 0.486 e. The van der Waals surface area contributed by atoms with E-state index in [1.165, 1.54) is 0 Å². The summed E-state index contributed by atoms with van der Waals surface area (Å²) in [4.78, 5) is 13.2. The fourth-order valence-electron chi connectivity index (χ4n) is 2.03. The molecule has 0 fully saturated rings. The Morgan fingerprint density at radius 1 is 0.909 bits per heavy atom. The Morgan fingerprint density at radius 3 is 2.45 bits per heavy atom. The van der Waals surface area contributed by atoms with E-state index in [4.69, 9.17) is 10.5 Å². The van der Waals surface area contributed by atoms with Crippen molar-refractivity contribution in [3.05, 3.63) is 72.3 Å². The topological polar surface area (TPSA) is 73.9 Å². The third-order valence-corrected chi connectivity index (χ3v) is 3.07. The number of pyridine rings is 1. The van der Waals surface area contributed by atoms with Gasteiger partial charge in [0.1, 0.15) is 12.4 Å². The van der Waals surface area contributed by atoms with Crippen LogP contribution in [-0.2, 0) is 13.2 Å². The lowest BCUT2D eigenvalue weighted by atomic mass is 10.2. The first-order chi connectivity index (χ1) is 10.8. The molecule has 0 radical (unpaired) electrons. The number of rotatable bonds is 5. The third kappa shape index (κ3) is 3.45. The lowest BCUT2D eigenvalue weighted by molar-refractivity contribution is 0.295. The Labute approximate surface area is 128 Å². The van der Waals surface area contributed by atoms with Gasteiger partial charge < -0.3 is 10.5 Å². The Morgan fingerprint density at radius 2 is 1.73 bits per heavy atom. The zero-order valence-corrected chi connectivity index (χ0v) is 12.0. The number of benzene rings is 1. The summed E-state index contributed by atoms with van der Waals surface area (Å²) in [5, 5.41) is 0. The van der Waals surface area contributed by atoms with Gasteiger partial charge in [-0.15, -0.1) is 0 Å². The Kier molecular flexibility index (Phi) is 4.36. The number of aromatic nitrogens is 3. The monoisotopic (exact) mass is 292 g/mol. The first kappa shape index (κ1) is 14.2. The molecule has 2 heterocycles. The summed E-state index contributed by atoms with van der Waals surface area (Å²) in [5.41, 5.74) is 8.03. The van der Waals surface area contributed by atoms with E-state index in [1.807, 2.05) is 54.6 Å². The molecule has 0 saturated carbocycles. The van der Waals surface area contributed by atoms with Gasteiger partial charge in [-0.05, 0) is 30.3 Å². The lowest BCUT2D eigenvalue weighted by Crippen LogP contribution is -2.08. The van der Waals surface area contributed by atoms with Gasteiger partial charge in [-0.1, -0.05) is 24.3 Å². The predicted octanol–water partition coefficient (Wildman–Crippen LogP) is 2.58. The maximum Gasteiger partial charge on any atom is 0.167 e. The van der Waals surface area contributed by atoms with Crippen LogP contribution in [0, 0.1) is 0 Å². The second-order valence-corrected chi connectivity index (χ2v) is 4.68. The molecule has 5 nitrogen and oxygen atoms in total. The molecule has 0 aliphatic rings. The highest BCUT2D eigenvalue weighted by Gasteiger charge is 2.07. The summed E-state index contributed by atoms with van der Waals surface area (Å²) in [6, 6.07) is 17.1. The van der Waals surface area contributed by atoms with Crippen molar-refractivity contribution in [3.8, 4) is 17.1 Å². The van der Waals surface area contributed by atoms with Crippen LogP contribution >= 0.6 is 0 Å². The molecule has 110 valence electrons. The number of hydrogen-bond donors (Lipinski definition) is 1. The van der Waals surface area contributed by atoms with Gasteiger partial charge in [0.15, 0.2) is 5.82 Å². The average molecular weight is 292 g/mol. The van der Waals surface area contributed by atoms with Crippen molar-refractivity contribution in [2.45, 2.75) is 13.2 Å². The molecule has 3 rings (SSSR count). The van der Waals surface area contributed by atoms with Crippen LogP contribution in [0.5, 0.6) is 5.75 Å². The van der Waals surface area contributed by atoms with Crippen molar-refractivity contribution in [2.24, 2.45) is 5.73 Å². The van der Waals surface area contributed by atoms with Gasteiger partial charge in [-0.25, -0.2) is 9.97 Å². The van der Waals surface area contributed by atoms with Gasteiger partial charge in [0.2, 0.25) is 0 Å². The number of ether oxygens (including phenoxy) is 1. The molecule has 0 bridgehead atoms. The van der Waals surface area contributed by atoms with Gasteiger partial charge in [0, 0.05) is 12.7 Å². The van der Waals surface area contributed by atoms with E-state index < -0.39 is 0 Å².